The minimum absolute atomic E-state index is 0.0183. The van der Waals surface area contributed by atoms with Gasteiger partial charge < -0.3 is 15.4 Å². The van der Waals surface area contributed by atoms with Crippen LogP contribution in [0.1, 0.15) is 34.2 Å². The van der Waals surface area contributed by atoms with Crippen LogP contribution in [0.3, 0.4) is 0 Å². The summed E-state index contributed by atoms with van der Waals surface area (Å²) in [4.78, 5) is 36.5. The highest BCUT2D eigenvalue weighted by atomic mass is 16.5. The molecule has 3 rings (SSSR count). The molecule has 0 saturated carbocycles. The number of rotatable bonds is 8. The van der Waals surface area contributed by atoms with Crippen molar-refractivity contribution in [2.24, 2.45) is 0 Å². The molecule has 1 heterocycles. The lowest BCUT2D eigenvalue weighted by atomic mass is 10.1. The number of carbonyl (C=O) groups excluding carboxylic acids is 3. The van der Waals surface area contributed by atoms with Crippen LogP contribution in [0.15, 0.2) is 54.6 Å². The number of carbonyl (C=O) groups is 3. The van der Waals surface area contributed by atoms with Crippen LogP contribution in [0.2, 0.25) is 0 Å². The van der Waals surface area contributed by atoms with Crippen molar-refractivity contribution in [2.75, 3.05) is 18.5 Å². The Kier molecular flexibility index (Phi) is 7.38. The number of esters is 1. The Labute approximate surface area is 186 Å². The lowest BCUT2D eigenvalue weighted by molar-refractivity contribution is -0.146. The lowest BCUT2D eigenvalue weighted by Gasteiger charge is -2.09. The summed E-state index contributed by atoms with van der Waals surface area (Å²) in [5.74, 6) is -1.23. The van der Waals surface area contributed by atoms with E-state index < -0.39 is 18.5 Å². The van der Waals surface area contributed by atoms with Crippen LogP contribution >= 0.6 is 0 Å². The second kappa shape index (κ2) is 10.4. The lowest BCUT2D eigenvalue weighted by Crippen LogP contribution is -2.24. The predicted octanol–water partition coefficient (Wildman–Crippen LogP) is 2.96. The molecular formula is C24H26N4O4. The number of benzene rings is 2. The molecule has 0 bridgehead atoms. The summed E-state index contributed by atoms with van der Waals surface area (Å²) < 4.78 is 6.94. The van der Waals surface area contributed by atoms with Crippen LogP contribution < -0.4 is 10.6 Å². The van der Waals surface area contributed by atoms with Gasteiger partial charge in [-0.1, -0.05) is 24.3 Å². The van der Waals surface area contributed by atoms with Gasteiger partial charge in [-0.05, 0) is 51.1 Å². The first-order chi connectivity index (χ1) is 15.4. The van der Waals surface area contributed by atoms with Gasteiger partial charge in [-0.3, -0.25) is 14.4 Å². The Morgan fingerprint density at radius 3 is 2.50 bits per heavy atom. The average molecular weight is 434 g/mol. The molecule has 0 atom stereocenters. The number of nitrogens with zero attached hydrogens (tertiary/aromatic N) is 2. The number of hydrogen-bond acceptors (Lipinski definition) is 5. The van der Waals surface area contributed by atoms with Crippen molar-refractivity contribution in [1.29, 1.82) is 0 Å². The van der Waals surface area contributed by atoms with E-state index in [2.05, 4.69) is 15.7 Å². The quantitative estimate of drug-likeness (QED) is 0.531. The van der Waals surface area contributed by atoms with Crippen molar-refractivity contribution in [3.63, 3.8) is 0 Å². The molecule has 32 heavy (non-hydrogen) atoms. The van der Waals surface area contributed by atoms with E-state index in [1.165, 1.54) is 0 Å². The standard InChI is InChI=1S/C24H26N4O4/c1-4-25-24(31)18-9-8-10-19(13-18)26-22(29)15-32-23(30)14-21-16(2)27-28(17(21)3)20-11-6-5-7-12-20/h5-13H,4,14-15H2,1-3H3,(H,25,31)(H,26,29). The summed E-state index contributed by atoms with van der Waals surface area (Å²) in [5, 5.41) is 9.85. The Hall–Kier alpha value is -3.94. The Bertz CT molecular complexity index is 1120. The largest absolute Gasteiger partial charge is 0.455 e. The van der Waals surface area contributed by atoms with E-state index in [0.717, 1.165) is 22.6 Å². The van der Waals surface area contributed by atoms with Gasteiger partial charge >= 0.3 is 5.97 Å². The zero-order valence-electron chi connectivity index (χ0n) is 18.3. The third-order valence-corrected chi connectivity index (χ3v) is 4.87. The molecule has 3 aromatic rings. The smallest absolute Gasteiger partial charge is 0.310 e. The second-order valence-corrected chi connectivity index (χ2v) is 7.22. The molecular weight excluding hydrogens is 408 g/mol. The first-order valence-electron chi connectivity index (χ1n) is 10.3. The molecule has 2 N–H and O–H groups in total. The van der Waals surface area contributed by atoms with Crippen molar-refractivity contribution in [2.45, 2.75) is 27.2 Å². The molecule has 0 radical (unpaired) electrons. The molecule has 0 saturated heterocycles. The highest BCUT2D eigenvalue weighted by Crippen LogP contribution is 2.18. The fraction of sp³-hybridized carbons (Fsp3) is 0.250. The van der Waals surface area contributed by atoms with Gasteiger partial charge in [-0.25, -0.2) is 4.68 Å². The molecule has 0 aliphatic carbocycles. The molecule has 0 aliphatic rings. The fourth-order valence-corrected chi connectivity index (χ4v) is 3.29. The van der Waals surface area contributed by atoms with E-state index in [9.17, 15) is 14.4 Å². The molecule has 0 aliphatic heterocycles. The van der Waals surface area contributed by atoms with Gasteiger partial charge in [-0.15, -0.1) is 0 Å². The molecule has 166 valence electrons. The van der Waals surface area contributed by atoms with Crippen LogP contribution in [0.4, 0.5) is 5.69 Å². The van der Waals surface area contributed by atoms with E-state index in [0.29, 0.717) is 17.8 Å². The number of hydrogen-bond donors (Lipinski definition) is 2. The highest BCUT2D eigenvalue weighted by Gasteiger charge is 2.17. The number of amides is 2. The van der Waals surface area contributed by atoms with Gasteiger partial charge in [0.2, 0.25) is 0 Å². The zero-order chi connectivity index (χ0) is 23.1. The SMILES string of the molecule is CCNC(=O)c1cccc(NC(=O)COC(=O)Cc2c(C)nn(-c3ccccc3)c2C)c1. The molecule has 0 unspecified atom stereocenters. The van der Waals surface area contributed by atoms with Crippen molar-refractivity contribution in [3.05, 3.63) is 77.1 Å². The first kappa shape index (κ1) is 22.7. The second-order valence-electron chi connectivity index (χ2n) is 7.22. The Morgan fingerprint density at radius 1 is 1.03 bits per heavy atom. The van der Waals surface area contributed by atoms with Crippen LogP contribution in [0, 0.1) is 13.8 Å². The molecule has 1 aromatic heterocycles. The summed E-state index contributed by atoms with van der Waals surface area (Å²) in [6.07, 6.45) is 0.0183. The van der Waals surface area contributed by atoms with Crippen LogP contribution in [-0.2, 0) is 20.7 Å². The van der Waals surface area contributed by atoms with Gasteiger partial charge in [0.25, 0.3) is 11.8 Å². The van der Waals surface area contributed by atoms with Gasteiger partial charge in [0.15, 0.2) is 6.61 Å². The van der Waals surface area contributed by atoms with Gasteiger partial charge in [0.05, 0.1) is 17.8 Å². The summed E-state index contributed by atoms with van der Waals surface area (Å²) in [6, 6.07) is 16.2. The van der Waals surface area contributed by atoms with Gasteiger partial charge in [0, 0.05) is 29.1 Å². The number of para-hydroxylation sites is 1. The summed E-state index contributed by atoms with van der Waals surface area (Å²) in [7, 11) is 0. The third-order valence-electron chi connectivity index (χ3n) is 4.87. The minimum atomic E-state index is -0.518. The van der Waals surface area contributed by atoms with E-state index in [1.54, 1.807) is 28.9 Å². The summed E-state index contributed by atoms with van der Waals surface area (Å²) >= 11 is 0. The van der Waals surface area contributed by atoms with Crippen molar-refractivity contribution >= 4 is 23.5 Å². The number of ether oxygens (including phenoxy) is 1. The van der Waals surface area contributed by atoms with E-state index in [4.69, 9.17) is 4.74 Å². The number of anilines is 1. The zero-order valence-corrected chi connectivity index (χ0v) is 18.3. The van der Waals surface area contributed by atoms with Crippen LogP contribution in [0.5, 0.6) is 0 Å². The molecule has 8 nitrogen and oxygen atoms in total. The molecule has 2 aromatic carbocycles. The number of nitrogens with one attached hydrogen (secondary N) is 2. The molecule has 0 fully saturated rings. The van der Waals surface area contributed by atoms with Gasteiger partial charge in [0.1, 0.15) is 0 Å². The van der Waals surface area contributed by atoms with Crippen LogP contribution in [-0.4, -0.2) is 40.7 Å². The normalized spacial score (nSPS) is 10.5. The molecule has 2 amide bonds. The van der Waals surface area contributed by atoms with Gasteiger partial charge in [-0.2, -0.15) is 5.10 Å². The topological polar surface area (TPSA) is 102 Å². The van der Waals surface area contributed by atoms with Crippen LogP contribution in [0.25, 0.3) is 5.69 Å². The number of aryl methyl sites for hydroxylation is 1. The Morgan fingerprint density at radius 2 is 1.78 bits per heavy atom. The first-order valence-corrected chi connectivity index (χ1v) is 10.3. The maximum absolute atomic E-state index is 12.3. The maximum Gasteiger partial charge on any atom is 0.310 e. The summed E-state index contributed by atoms with van der Waals surface area (Å²) in [6.45, 7) is 5.64. The highest BCUT2D eigenvalue weighted by molar-refractivity contribution is 5.97. The van der Waals surface area contributed by atoms with Crippen molar-refractivity contribution in [3.8, 4) is 5.69 Å². The van der Waals surface area contributed by atoms with E-state index in [-0.39, 0.29) is 12.3 Å². The number of aromatic nitrogens is 2. The average Bonchev–Trinajstić information content (AvgIpc) is 3.07. The Balaban J connectivity index is 1.57. The van der Waals surface area contributed by atoms with E-state index >= 15 is 0 Å². The third kappa shape index (κ3) is 5.60. The van der Waals surface area contributed by atoms with Crippen molar-refractivity contribution < 1.29 is 19.1 Å². The fourth-order valence-electron chi connectivity index (χ4n) is 3.29. The summed E-state index contributed by atoms with van der Waals surface area (Å²) in [5.41, 5.74) is 4.14. The van der Waals surface area contributed by atoms with E-state index in [1.807, 2.05) is 51.1 Å². The molecule has 8 heteroatoms. The van der Waals surface area contributed by atoms with Crippen molar-refractivity contribution in [1.82, 2.24) is 15.1 Å². The predicted molar refractivity (Wildman–Crippen MR) is 121 cm³/mol. The maximum atomic E-state index is 12.3. The monoisotopic (exact) mass is 434 g/mol. The molecule has 0 spiro atoms. The minimum Gasteiger partial charge on any atom is -0.455 e.